The van der Waals surface area contributed by atoms with Crippen LogP contribution in [0.3, 0.4) is 0 Å². The van der Waals surface area contributed by atoms with Gasteiger partial charge in [0, 0.05) is 12.2 Å². The number of alkyl halides is 3. The largest absolute Gasteiger partial charge is 0.401 e. The number of guanidine groups is 1. The first-order valence-corrected chi connectivity index (χ1v) is 7.06. The molecule has 0 saturated carbocycles. The van der Waals surface area contributed by atoms with Crippen molar-refractivity contribution in [3.63, 3.8) is 0 Å². The van der Waals surface area contributed by atoms with Crippen LogP contribution in [-0.2, 0) is 0 Å². The average Bonchev–Trinajstić information content (AvgIpc) is 2.31. The predicted octanol–water partition coefficient (Wildman–Crippen LogP) is 2.91. The lowest BCUT2D eigenvalue weighted by Crippen LogP contribution is -2.32. The summed E-state index contributed by atoms with van der Waals surface area (Å²) in [6, 6.07) is 5.95. The van der Waals surface area contributed by atoms with Crippen molar-refractivity contribution in [1.82, 2.24) is 4.90 Å². The van der Waals surface area contributed by atoms with Gasteiger partial charge in [0.1, 0.15) is 0 Å². The number of rotatable bonds is 6. The van der Waals surface area contributed by atoms with E-state index in [9.17, 15) is 13.2 Å². The molecule has 0 fully saturated rings. The summed E-state index contributed by atoms with van der Waals surface area (Å²) >= 11 is 0. The van der Waals surface area contributed by atoms with Gasteiger partial charge in [-0.05, 0) is 57.1 Å². The van der Waals surface area contributed by atoms with Crippen LogP contribution in [0.25, 0.3) is 0 Å². The minimum atomic E-state index is -4.17. The zero-order valence-electron chi connectivity index (χ0n) is 13.2. The maximum absolute atomic E-state index is 12.2. The summed E-state index contributed by atoms with van der Waals surface area (Å²) in [7, 11) is 1.44. The van der Waals surface area contributed by atoms with Crippen molar-refractivity contribution in [2.24, 2.45) is 10.7 Å². The van der Waals surface area contributed by atoms with Crippen LogP contribution in [0.4, 0.5) is 18.9 Å². The first-order chi connectivity index (χ1) is 10.2. The Balaban J connectivity index is 2.37. The van der Waals surface area contributed by atoms with E-state index >= 15 is 0 Å². The molecule has 0 amide bonds. The number of hydrogen-bond donors (Lipinski definition) is 2. The predicted molar refractivity (Wildman–Crippen MR) is 84.2 cm³/mol. The lowest BCUT2D eigenvalue weighted by molar-refractivity contribution is -0.143. The first kappa shape index (κ1) is 18.3. The van der Waals surface area contributed by atoms with Crippen molar-refractivity contribution in [3.8, 4) is 0 Å². The second kappa shape index (κ2) is 8.03. The molecule has 3 N–H and O–H groups in total. The molecule has 22 heavy (non-hydrogen) atoms. The maximum atomic E-state index is 12.2. The number of benzene rings is 1. The van der Waals surface area contributed by atoms with E-state index in [0.29, 0.717) is 19.5 Å². The van der Waals surface area contributed by atoms with Crippen LogP contribution >= 0.6 is 0 Å². The summed E-state index contributed by atoms with van der Waals surface area (Å²) in [4.78, 5) is 5.35. The molecule has 0 radical (unpaired) electrons. The fourth-order valence-electron chi connectivity index (χ4n) is 2.16. The number of nitrogens with one attached hydrogen (secondary N) is 1. The summed E-state index contributed by atoms with van der Waals surface area (Å²) in [6.07, 6.45) is -3.65. The molecule has 0 aliphatic heterocycles. The molecular weight excluding hydrogens is 293 g/mol. The molecule has 0 saturated heterocycles. The number of anilines is 1. The SMILES string of the molecule is Cc1cc(C)cc(NC(N)=NCCCN(C)CC(F)(F)F)c1. The van der Waals surface area contributed by atoms with Crippen molar-refractivity contribution in [2.75, 3.05) is 32.0 Å². The molecule has 0 unspecified atom stereocenters. The molecule has 0 heterocycles. The van der Waals surface area contributed by atoms with Gasteiger partial charge in [-0.25, -0.2) is 0 Å². The van der Waals surface area contributed by atoms with Crippen LogP contribution in [0, 0.1) is 13.8 Å². The summed E-state index contributed by atoms with van der Waals surface area (Å²) in [5.41, 5.74) is 8.85. The molecule has 7 heteroatoms. The van der Waals surface area contributed by atoms with Crippen LogP contribution in [-0.4, -0.2) is 43.7 Å². The number of halogens is 3. The van der Waals surface area contributed by atoms with E-state index in [1.54, 1.807) is 0 Å². The minimum Gasteiger partial charge on any atom is -0.370 e. The Bertz CT molecular complexity index is 492. The third-order valence-electron chi connectivity index (χ3n) is 2.92. The Morgan fingerprint density at radius 1 is 1.23 bits per heavy atom. The third-order valence-corrected chi connectivity index (χ3v) is 2.92. The molecule has 1 aromatic carbocycles. The topological polar surface area (TPSA) is 53.6 Å². The van der Waals surface area contributed by atoms with E-state index in [0.717, 1.165) is 16.8 Å². The molecule has 4 nitrogen and oxygen atoms in total. The van der Waals surface area contributed by atoms with Crippen LogP contribution in [0.15, 0.2) is 23.2 Å². The number of nitrogens with zero attached hydrogens (tertiary/aromatic N) is 2. The standard InChI is InChI=1S/C15H23F3N4/c1-11-7-12(2)9-13(8-11)21-14(19)20-5-4-6-22(3)10-15(16,17)18/h7-9H,4-6,10H2,1-3H3,(H3,19,20,21). The zero-order chi connectivity index (χ0) is 16.8. The molecule has 0 aliphatic rings. The van der Waals surface area contributed by atoms with Crippen LogP contribution in [0.2, 0.25) is 0 Å². The van der Waals surface area contributed by atoms with Crippen molar-refractivity contribution in [3.05, 3.63) is 29.3 Å². The summed E-state index contributed by atoms with van der Waals surface area (Å²) in [6.45, 7) is 3.77. The quantitative estimate of drug-likeness (QED) is 0.482. The molecule has 1 aromatic rings. The molecule has 0 spiro atoms. The van der Waals surface area contributed by atoms with Gasteiger partial charge in [0.15, 0.2) is 5.96 Å². The molecular formula is C15H23F3N4. The average molecular weight is 316 g/mol. The van der Waals surface area contributed by atoms with Gasteiger partial charge in [0.2, 0.25) is 0 Å². The van der Waals surface area contributed by atoms with Crippen LogP contribution < -0.4 is 11.1 Å². The van der Waals surface area contributed by atoms with Gasteiger partial charge in [0.05, 0.1) is 6.54 Å². The van der Waals surface area contributed by atoms with Crippen molar-refractivity contribution >= 4 is 11.6 Å². The Morgan fingerprint density at radius 3 is 2.36 bits per heavy atom. The normalized spacial score (nSPS) is 12.8. The van der Waals surface area contributed by atoms with Gasteiger partial charge in [-0.2, -0.15) is 13.2 Å². The van der Waals surface area contributed by atoms with E-state index in [1.165, 1.54) is 11.9 Å². The fraction of sp³-hybridized carbons (Fsp3) is 0.533. The van der Waals surface area contributed by atoms with Crippen LogP contribution in [0.5, 0.6) is 0 Å². The number of hydrogen-bond acceptors (Lipinski definition) is 2. The Morgan fingerprint density at radius 2 is 1.82 bits per heavy atom. The van der Waals surface area contributed by atoms with Gasteiger partial charge in [-0.15, -0.1) is 0 Å². The van der Waals surface area contributed by atoms with Gasteiger partial charge in [-0.3, -0.25) is 9.89 Å². The van der Waals surface area contributed by atoms with E-state index < -0.39 is 12.7 Å². The molecule has 0 aliphatic carbocycles. The van der Waals surface area contributed by atoms with Gasteiger partial charge < -0.3 is 11.1 Å². The van der Waals surface area contributed by atoms with Gasteiger partial charge in [0.25, 0.3) is 0 Å². The van der Waals surface area contributed by atoms with E-state index in [-0.39, 0.29) is 5.96 Å². The molecule has 0 bridgehead atoms. The highest BCUT2D eigenvalue weighted by molar-refractivity contribution is 5.92. The van der Waals surface area contributed by atoms with Gasteiger partial charge >= 0.3 is 6.18 Å². The maximum Gasteiger partial charge on any atom is 0.401 e. The molecule has 0 atom stereocenters. The smallest absolute Gasteiger partial charge is 0.370 e. The first-order valence-electron chi connectivity index (χ1n) is 7.06. The highest BCUT2D eigenvalue weighted by Crippen LogP contribution is 2.15. The van der Waals surface area contributed by atoms with Gasteiger partial charge in [-0.1, -0.05) is 6.07 Å². The minimum absolute atomic E-state index is 0.267. The number of aryl methyl sites for hydroxylation is 2. The third kappa shape index (κ3) is 7.87. The molecule has 1 rings (SSSR count). The summed E-state index contributed by atoms with van der Waals surface area (Å²) in [5.74, 6) is 0.267. The van der Waals surface area contributed by atoms with E-state index in [2.05, 4.69) is 16.4 Å². The second-order valence-electron chi connectivity index (χ2n) is 5.47. The highest BCUT2D eigenvalue weighted by atomic mass is 19.4. The lowest BCUT2D eigenvalue weighted by Gasteiger charge is -2.17. The van der Waals surface area contributed by atoms with Crippen molar-refractivity contribution in [1.29, 1.82) is 0 Å². The lowest BCUT2D eigenvalue weighted by atomic mass is 10.1. The number of aliphatic imine (C=N–C) groups is 1. The molecule has 124 valence electrons. The Hall–Kier alpha value is -1.76. The Kier molecular flexibility index (Phi) is 6.67. The zero-order valence-corrected chi connectivity index (χ0v) is 13.2. The van der Waals surface area contributed by atoms with E-state index in [1.807, 2.05) is 26.0 Å². The van der Waals surface area contributed by atoms with E-state index in [4.69, 9.17) is 5.73 Å². The van der Waals surface area contributed by atoms with Crippen LogP contribution in [0.1, 0.15) is 17.5 Å². The monoisotopic (exact) mass is 316 g/mol. The summed E-state index contributed by atoms with van der Waals surface area (Å²) in [5, 5.41) is 2.98. The van der Waals surface area contributed by atoms with Crippen molar-refractivity contribution in [2.45, 2.75) is 26.4 Å². The number of nitrogens with two attached hydrogens (primary N) is 1. The highest BCUT2D eigenvalue weighted by Gasteiger charge is 2.28. The second-order valence-corrected chi connectivity index (χ2v) is 5.47. The Labute approximate surface area is 129 Å². The summed E-state index contributed by atoms with van der Waals surface area (Å²) < 4.78 is 36.5. The fourth-order valence-corrected chi connectivity index (χ4v) is 2.16. The molecule has 0 aromatic heterocycles. The van der Waals surface area contributed by atoms with Crippen molar-refractivity contribution < 1.29 is 13.2 Å².